The summed E-state index contributed by atoms with van der Waals surface area (Å²) in [6, 6.07) is 21.9. The van der Waals surface area contributed by atoms with E-state index in [0.717, 1.165) is 61.1 Å². The highest BCUT2D eigenvalue weighted by Gasteiger charge is 2.15. The highest BCUT2D eigenvalue weighted by molar-refractivity contribution is 6.04. The van der Waals surface area contributed by atoms with Gasteiger partial charge in [-0.3, -0.25) is 4.90 Å². The van der Waals surface area contributed by atoms with Crippen LogP contribution in [0.4, 0.5) is 0 Å². The van der Waals surface area contributed by atoms with Crippen molar-refractivity contribution in [1.29, 1.82) is 0 Å². The Morgan fingerprint density at radius 2 is 1.61 bits per heavy atom. The molecule has 1 aliphatic heterocycles. The van der Waals surface area contributed by atoms with Gasteiger partial charge in [0.25, 0.3) is 0 Å². The molecule has 0 aliphatic carbocycles. The molecule has 0 saturated carbocycles. The number of fused-ring (bicyclic) bond motifs is 2. The van der Waals surface area contributed by atoms with E-state index in [1.807, 2.05) is 48.5 Å². The molecule has 1 aliphatic rings. The van der Waals surface area contributed by atoms with Crippen LogP contribution in [0.3, 0.4) is 0 Å². The Bertz CT molecular complexity index is 1200. The number of hydrogen-bond acceptors (Lipinski definition) is 4. The zero-order chi connectivity index (χ0) is 21.0. The summed E-state index contributed by atoms with van der Waals surface area (Å²) in [7, 11) is 0. The second kappa shape index (κ2) is 8.92. The lowest BCUT2D eigenvalue weighted by Gasteiger charge is -2.26. The number of aromatic nitrogens is 1. The SMILES string of the molecule is O=C(OCc1cn(CCN2CCOCC2)c2ccccc12)c1cccc2ccccc12. The molecule has 0 spiro atoms. The minimum absolute atomic E-state index is 0.257. The number of para-hydroxylation sites is 1. The smallest absolute Gasteiger partial charge is 0.339 e. The molecule has 0 amide bonds. The molecule has 1 aromatic heterocycles. The first-order valence-electron chi connectivity index (χ1n) is 10.8. The summed E-state index contributed by atoms with van der Waals surface area (Å²) in [4.78, 5) is 15.3. The van der Waals surface area contributed by atoms with Gasteiger partial charge >= 0.3 is 5.97 Å². The summed E-state index contributed by atoms with van der Waals surface area (Å²) in [5.41, 5.74) is 2.81. The highest BCUT2D eigenvalue weighted by Crippen LogP contribution is 2.24. The Morgan fingerprint density at radius 1 is 0.871 bits per heavy atom. The van der Waals surface area contributed by atoms with Crippen LogP contribution in [0.15, 0.2) is 72.9 Å². The van der Waals surface area contributed by atoms with E-state index in [1.54, 1.807) is 0 Å². The summed E-state index contributed by atoms with van der Waals surface area (Å²) >= 11 is 0. The fraction of sp³-hybridized carbons (Fsp3) is 0.269. The fourth-order valence-corrected chi connectivity index (χ4v) is 4.32. The predicted molar refractivity (Wildman–Crippen MR) is 122 cm³/mol. The third-order valence-electron chi connectivity index (χ3n) is 6.00. The molecule has 31 heavy (non-hydrogen) atoms. The van der Waals surface area contributed by atoms with Crippen LogP contribution in [0.25, 0.3) is 21.7 Å². The van der Waals surface area contributed by atoms with E-state index in [4.69, 9.17) is 9.47 Å². The lowest BCUT2D eigenvalue weighted by molar-refractivity contribution is 0.0365. The Kier molecular flexibility index (Phi) is 5.69. The first kappa shape index (κ1) is 19.8. The van der Waals surface area contributed by atoms with E-state index in [9.17, 15) is 4.79 Å². The number of rotatable bonds is 6. The average molecular weight is 415 g/mol. The molecular weight excluding hydrogens is 388 g/mol. The van der Waals surface area contributed by atoms with Crippen molar-refractivity contribution in [2.45, 2.75) is 13.2 Å². The maximum atomic E-state index is 12.9. The van der Waals surface area contributed by atoms with Crippen LogP contribution in [-0.2, 0) is 22.6 Å². The summed E-state index contributed by atoms with van der Waals surface area (Å²) in [6.45, 7) is 5.72. The molecule has 5 nitrogen and oxygen atoms in total. The number of morpholine rings is 1. The summed E-state index contributed by atoms with van der Waals surface area (Å²) in [6.07, 6.45) is 2.13. The van der Waals surface area contributed by atoms with Gasteiger partial charge in [-0.1, -0.05) is 54.6 Å². The summed E-state index contributed by atoms with van der Waals surface area (Å²) in [5.74, 6) is -0.290. The van der Waals surface area contributed by atoms with Crippen LogP contribution in [-0.4, -0.2) is 48.3 Å². The zero-order valence-corrected chi connectivity index (χ0v) is 17.5. The van der Waals surface area contributed by atoms with E-state index in [0.29, 0.717) is 5.56 Å². The number of nitrogens with zero attached hydrogens (tertiary/aromatic N) is 2. The highest BCUT2D eigenvalue weighted by atomic mass is 16.5. The van der Waals surface area contributed by atoms with Gasteiger partial charge in [-0.05, 0) is 22.9 Å². The third-order valence-corrected chi connectivity index (χ3v) is 6.00. The van der Waals surface area contributed by atoms with E-state index >= 15 is 0 Å². The molecule has 1 fully saturated rings. The number of benzene rings is 3. The monoisotopic (exact) mass is 414 g/mol. The second-order valence-corrected chi connectivity index (χ2v) is 7.92. The van der Waals surface area contributed by atoms with Crippen molar-refractivity contribution in [1.82, 2.24) is 9.47 Å². The number of carbonyl (C=O) groups excluding carboxylic acids is 1. The first-order chi connectivity index (χ1) is 15.3. The van der Waals surface area contributed by atoms with Gasteiger partial charge in [0.2, 0.25) is 0 Å². The Labute approximate surface area is 181 Å². The lowest BCUT2D eigenvalue weighted by atomic mass is 10.0. The van der Waals surface area contributed by atoms with Gasteiger partial charge < -0.3 is 14.0 Å². The van der Waals surface area contributed by atoms with Gasteiger partial charge in [0.05, 0.1) is 18.8 Å². The van der Waals surface area contributed by atoms with Crippen molar-refractivity contribution in [3.8, 4) is 0 Å². The van der Waals surface area contributed by atoms with E-state index in [1.165, 1.54) is 5.52 Å². The first-order valence-corrected chi connectivity index (χ1v) is 10.8. The van der Waals surface area contributed by atoms with Gasteiger partial charge in [0.15, 0.2) is 0 Å². The fourth-order valence-electron chi connectivity index (χ4n) is 4.32. The van der Waals surface area contributed by atoms with Crippen LogP contribution in [0.1, 0.15) is 15.9 Å². The Hall–Kier alpha value is -3.15. The van der Waals surface area contributed by atoms with E-state index < -0.39 is 0 Å². The number of hydrogen-bond donors (Lipinski definition) is 0. The molecule has 0 atom stereocenters. The van der Waals surface area contributed by atoms with Crippen molar-refractivity contribution in [3.63, 3.8) is 0 Å². The average Bonchev–Trinajstić information content (AvgIpc) is 3.19. The molecule has 158 valence electrons. The standard InChI is InChI=1S/C26H26N2O3/c29-26(24-10-5-7-20-6-1-2-8-22(20)24)31-19-21-18-28(25-11-4-3-9-23(21)25)13-12-27-14-16-30-17-15-27/h1-11,18H,12-17,19H2. The molecule has 4 aromatic rings. The minimum Gasteiger partial charge on any atom is -0.457 e. The van der Waals surface area contributed by atoms with Crippen LogP contribution >= 0.6 is 0 Å². The quantitative estimate of drug-likeness (QED) is 0.436. The van der Waals surface area contributed by atoms with Crippen molar-refractivity contribution in [3.05, 3.63) is 84.1 Å². The topological polar surface area (TPSA) is 43.7 Å². The minimum atomic E-state index is -0.290. The van der Waals surface area contributed by atoms with Crippen molar-refractivity contribution >= 4 is 27.6 Å². The number of esters is 1. The number of ether oxygens (including phenoxy) is 2. The molecule has 0 N–H and O–H groups in total. The third kappa shape index (κ3) is 4.20. The molecule has 0 unspecified atom stereocenters. The van der Waals surface area contributed by atoms with Gasteiger partial charge in [-0.15, -0.1) is 0 Å². The van der Waals surface area contributed by atoms with Crippen LogP contribution in [0.2, 0.25) is 0 Å². The molecule has 0 bridgehead atoms. The maximum Gasteiger partial charge on any atom is 0.339 e. The van der Waals surface area contributed by atoms with Crippen molar-refractivity contribution in [2.75, 3.05) is 32.8 Å². The van der Waals surface area contributed by atoms with Gasteiger partial charge in [0.1, 0.15) is 6.61 Å². The van der Waals surface area contributed by atoms with Crippen molar-refractivity contribution < 1.29 is 14.3 Å². The predicted octanol–water partition coefficient (Wildman–Crippen LogP) is 4.48. The maximum absolute atomic E-state index is 12.9. The summed E-state index contributed by atoms with van der Waals surface area (Å²) < 4.78 is 13.5. The molecule has 2 heterocycles. The molecule has 5 heteroatoms. The second-order valence-electron chi connectivity index (χ2n) is 7.92. The lowest BCUT2D eigenvalue weighted by Crippen LogP contribution is -2.38. The number of carbonyl (C=O) groups is 1. The molecule has 1 saturated heterocycles. The van der Waals surface area contributed by atoms with Gasteiger partial charge in [-0.2, -0.15) is 0 Å². The molecule has 5 rings (SSSR count). The Balaban J connectivity index is 1.33. The molecule has 3 aromatic carbocycles. The molecular formula is C26H26N2O3. The molecule has 0 radical (unpaired) electrons. The van der Waals surface area contributed by atoms with E-state index in [-0.39, 0.29) is 12.6 Å². The van der Waals surface area contributed by atoms with Crippen molar-refractivity contribution in [2.24, 2.45) is 0 Å². The van der Waals surface area contributed by atoms with E-state index in [2.05, 4.69) is 33.9 Å². The van der Waals surface area contributed by atoms with Crippen LogP contribution in [0.5, 0.6) is 0 Å². The van der Waals surface area contributed by atoms with Crippen LogP contribution in [0, 0.1) is 0 Å². The van der Waals surface area contributed by atoms with Crippen LogP contribution < -0.4 is 0 Å². The summed E-state index contributed by atoms with van der Waals surface area (Å²) in [5, 5.41) is 3.09. The largest absolute Gasteiger partial charge is 0.457 e. The van der Waals surface area contributed by atoms with Gasteiger partial charge in [-0.25, -0.2) is 4.79 Å². The zero-order valence-electron chi connectivity index (χ0n) is 17.5. The van der Waals surface area contributed by atoms with Gasteiger partial charge in [0, 0.05) is 48.8 Å². The normalized spacial score (nSPS) is 14.8. The Morgan fingerprint density at radius 3 is 2.48 bits per heavy atom.